The van der Waals surface area contributed by atoms with Gasteiger partial charge in [-0.25, -0.2) is 4.98 Å². The van der Waals surface area contributed by atoms with Gasteiger partial charge >= 0.3 is 0 Å². The maximum Gasteiger partial charge on any atom is 0.0730 e. The summed E-state index contributed by atoms with van der Waals surface area (Å²) in [4.78, 5) is 6.98. The molecule has 0 amide bonds. The summed E-state index contributed by atoms with van der Waals surface area (Å²) in [5.74, 6) is 0. The molecule has 0 radical (unpaired) electrons. The van der Waals surface area contributed by atoms with Crippen LogP contribution in [0, 0.1) is 6.92 Å². The van der Waals surface area contributed by atoms with Crippen molar-refractivity contribution in [2.24, 2.45) is 0 Å². The second-order valence-corrected chi connectivity index (χ2v) is 6.32. The number of fused-ring (bicyclic) bond motifs is 2. The second kappa shape index (κ2) is 6.19. The highest BCUT2D eigenvalue weighted by Gasteiger charge is 2.14. The fourth-order valence-electron chi connectivity index (χ4n) is 3.34. The number of pyridine rings is 1. The lowest BCUT2D eigenvalue weighted by atomic mass is 10.0. The van der Waals surface area contributed by atoms with E-state index in [0.717, 1.165) is 44.3 Å². The molecule has 0 aliphatic carbocycles. The SMILES string of the molecule is Cc1ccc(N(C)c2c3ccccc3nc3ccccc23)cc1CO. The largest absolute Gasteiger partial charge is 0.392 e. The number of aryl methyl sites for hydroxylation is 1. The number of nitrogens with zero attached hydrogens (tertiary/aromatic N) is 2. The van der Waals surface area contributed by atoms with Crippen molar-refractivity contribution in [2.45, 2.75) is 13.5 Å². The molecule has 0 saturated carbocycles. The molecule has 0 fully saturated rings. The molecule has 0 unspecified atom stereocenters. The van der Waals surface area contributed by atoms with Crippen molar-refractivity contribution in [1.29, 1.82) is 0 Å². The van der Waals surface area contributed by atoms with Gasteiger partial charge in [-0.05, 0) is 42.3 Å². The Morgan fingerprint density at radius 1 is 0.880 bits per heavy atom. The maximum atomic E-state index is 9.61. The van der Waals surface area contributed by atoms with Crippen molar-refractivity contribution in [3.63, 3.8) is 0 Å². The highest BCUT2D eigenvalue weighted by molar-refractivity contribution is 6.09. The van der Waals surface area contributed by atoms with Crippen LogP contribution in [0.4, 0.5) is 11.4 Å². The summed E-state index contributed by atoms with van der Waals surface area (Å²) < 4.78 is 0. The minimum absolute atomic E-state index is 0.0470. The normalized spacial score (nSPS) is 11.2. The first-order valence-electron chi connectivity index (χ1n) is 8.40. The standard InChI is InChI=1S/C22H20N2O/c1-15-11-12-17(13-16(15)14-25)24(2)22-18-7-3-5-9-20(18)23-21-10-6-4-8-19(21)22/h3-13,25H,14H2,1-2H3. The average molecular weight is 328 g/mol. The number of hydrogen-bond donors (Lipinski definition) is 1. The lowest BCUT2D eigenvalue weighted by Crippen LogP contribution is -2.11. The highest BCUT2D eigenvalue weighted by atomic mass is 16.3. The highest BCUT2D eigenvalue weighted by Crippen LogP contribution is 2.37. The van der Waals surface area contributed by atoms with Gasteiger partial charge in [0.05, 0.1) is 23.3 Å². The third kappa shape index (κ3) is 2.63. The van der Waals surface area contributed by atoms with Gasteiger partial charge in [-0.2, -0.15) is 0 Å². The van der Waals surface area contributed by atoms with Crippen molar-refractivity contribution in [1.82, 2.24) is 4.98 Å². The van der Waals surface area contributed by atoms with Crippen LogP contribution in [0.25, 0.3) is 21.8 Å². The van der Waals surface area contributed by atoms with E-state index >= 15 is 0 Å². The number of aromatic nitrogens is 1. The first kappa shape index (κ1) is 15.6. The summed E-state index contributed by atoms with van der Waals surface area (Å²) in [5.41, 5.74) is 6.20. The smallest absolute Gasteiger partial charge is 0.0730 e. The first-order chi connectivity index (χ1) is 12.2. The summed E-state index contributed by atoms with van der Waals surface area (Å²) in [7, 11) is 2.07. The van der Waals surface area contributed by atoms with Gasteiger partial charge in [0.1, 0.15) is 0 Å². The molecule has 25 heavy (non-hydrogen) atoms. The van der Waals surface area contributed by atoms with E-state index in [1.54, 1.807) is 0 Å². The molecule has 0 spiro atoms. The number of benzene rings is 3. The van der Waals surface area contributed by atoms with Gasteiger partial charge < -0.3 is 10.0 Å². The van der Waals surface area contributed by atoms with E-state index in [1.807, 2.05) is 43.3 Å². The number of aliphatic hydroxyl groups excluding tert-OH is 1. The van der Waals surface area contributed by atoms with Crippen LogP contribution < -0.4 is 4.90 Å². The topological polar surface area (TPSA) is 36.4 Å². The van der Waals surface area contributed by atoms with Crippen LogP contribution in [0.15, 0.2) is 66.7 Å². The number of hydrogen-bond acceptors (Lipinski definition) is 3. The zero-order valence-corrected chi connectivity index (χ0v) is 14.4. The van der Waals surface area contributed by atoms with E-state index in [2.05, 4.69) is 42.3 Å². The molecule has 1 heterocycles. The summed E-state index contributed by atoms with van der Waals surface area (Å²) in [5, 5.41) is 11.9. The molecular weight excluding hydrogens is 308 g/mol. The Labute approximate surface area is 147 Å². The number of para-hydroxylation sites is 2. The molecule has 1 N–H and O–H groups in total. The van der Waals surface area contributed by atoms with E-state index in [0.29, 0.717) is 0 Å². The number of rotatable bonds is 3. The molecule has 3 heteroatoms. The molecule has 0 saturated heterocycles. The summed E-state index contributed by atoms with van der Waals surface area (Å²) in [6.45, 7) is 2.07. The molecular formula is C22H20N2O. The van der Waals surface area contributed by atoms with Gasteiger partial charge in [-0.15, -0.1) is 0 Å². The molecule has 3 nitrogen and oxygen atoms in total. The Bertz CT molecular complexity index is 1020. The van der Waals surface area contributed by atoms with E-state index in [-0.39, 0.29) is 6.61 Å². The fraction of sp³-hybridized carbons (Fsp3) is 0.136. The van der Waals surface area contributed by atoms with Crippen molar-refractivity contribution in [3.8, 4) is 0 Å². The van der Waals surface area contributed by atoms with Gasteiger partial charge in [-0.1, -0.05) is 42.5 Å². The Morgan fingerprint density at radius 2 is 1.48 bits per heavy atom. The number of aliphatic hydroxyl groups is 1. The van der Waals surface area contributed by atoms with Gasteiger partial charge in [0, 0.05) is 23.5 Å². The van der Waals surface area contributed by atoms with Crippen molar-refractivity contribution < 1.29 is 5.11 Å². The zero-order valence-electron chi connectivity index (χ0n) is 14.4. The van der Waals surface area contributed by atoms with Crippen LogP contribution in [0.5, 0.6) is 0 Å². The van der Waals surface area contributed by atoms with Crippen molar-refractivity contribution >= 4 is 33.2 Å². The summed E-state index contributed by atoms with van der Waals surface area (Å²) >= 11 is 0. The minimum atomic E-state index is 0.0470. The molecule has 124 valence electrons. The number of anilines is 2. The van der Waals surface area contributed by atoms with Gasteiger partial charge in [0.15, 0.2) is 0 Å². The first-order valence-corrected chi connectivity index (χ1v) is 8.40. The van der Waals surface area contributed by atoms with Crippen LogP contribution in [0.2, 0.25) is 0 Å². The molecule has 3 aromatic carbocycles. The average Bonchev–Trinajstić information content (AvgIpc) is 2.66. The van der Waals surface area contributed by atoms with E-state index in [9.17, 15) is 5.11 Å². The molecule has 4 rings (SSSR count). The third-order valence-corrected chi connectivity index (χ3v) is 4.79. The predicted molar refractivity (Wildman–Crippen MR) is 104 cm³/mol. The second-order valence-electron chi connectivity index (χ2n) is 6.32. The predicted octanol–water partition coefficient (Wildman–Crippen LogP) is 4.96. The lowest BCUT2D eigenvalue weighted by molar-refractivity contribution is 0.281. The molecule has 1 aromatic heterocycles. The molecule has 0 aliphatic heterocycles. The van der Waals surface area contributed by atoms with Crippen LogP contribution in [0.1, 0.15) is 11.1 Å². The zero-order chi connectivity index (χ0) is 17.4. The van der Waals surface area contributed by atoms with Crippen molar-refractivity contribution in [2.75, 3.05) is 11.9 Å². The van der Waals surface area contributed by atoms with E-state index < -0.39 is 0 Å². The minimum Gasteiger partial charge on any atom is -0.392 e. The monoisotopic (exact) mass is 328 g/mol. The Hall–Kier alpha value is -2.91. The van der Waals surface area contributed by atoms with Gasteiger partial charge in [0.2, 0.25) is 0 Å². The fourth-order valence-corrected chi connectivity index (χ4v) is 3.34. The summed E-state index contributed by atoms with van der Waals surface area (Å²) in [6.07, 6.45) is 0. The van der Waals surface area contributed by atoms with Crippen LogP contribution in [-0.4, -0.2) is 17.1 Å². The Kier molecular flexibility index (Phi) is 3.86. The van der Waals surface area contributed by atoms with Crippen LogP contribution >= 0.6 is 0 Å². The van der Waals surface area contributed by atoms with Gasteiger partial charge in [-0.3, -0.25) is 0 Å². The molecule has 0 atom stereocenters. The van der Waals surface area contributed by atoms with Gasteiger partial charge in [0.25, 0.3) is 0 Å². The third-order valence-electron chi connectivity index (χ3n) is 4.79. The Morgan fingerprint density at radius 3 is 2.08 bits per heavy atom. The Balaban J connectivity index is 2.00. The lowest BCUT2D eigenvalue weighted by Gasteiger charge is -2.24. The quantitative estimate of drug-likeness (QED) is 0.540. The van der Waals surface area contributed by atoms with Crippen molar-refractivity contribution in [3.05, 3.63) is 77.9 Å². The molecule has 4 aromatic rings. The van der Waals surface area contributed by atoms with Crippen LogP contribution in [0.3, 0.4) is 0 Å². The summed E-state index contributed by atoms with van der Waals surface area (Å²) in [6, 6.07) is 22.7. The maximum absolute atomic E-state index is 9.61. The van der Waals surface area contributed by atoms with Crippen LogP contribution in [-0.2, 0) is 6.61 Å². The molecule has 0 aliphatic rings. The van der Waals surface area contributed by atoms with E-state index in [4.69, 9.17) is 4.98 Å². The van der Waals surface area contributed by atoms with E-state index in [1.165, 1.54) is 0 Å². The molecule has 0 bridgehead atoms.